The van der Waals surface area contributed by atoms with Crippen LogP contribution in [0.4, 0.5) is 0 Å². The molecule has 22 heteroatoms. The molecule has 3 aromatic rings. The summed E-state index contributed by atoms with van der Waals surface area (Å²) in [7, 11) is -11.0. The predicted octanol–water partition coefficient (Wildman–Crippen LogP) is 10.1. The van der Waals surface area contributed by atoms with E-state index in [0.29, 0.717) is 56.0 Å². The van der Waals surface area contributed by atoms with E-state index in [0.717, 1.165) is 108 Å². The molecule has 0 saturated carbocycles. The van der Waals surface area contributed by atoms with Crippen LogP contribution in [0.2, 0.25) is 0 Å². The number of amides is 2. The number of nitrogens with two attached hydrogens (primary N) is 1. The summed E-state index contributed by atoms with van der Waals surface area (Å²) in [6.45, 7) is 27.1. The number of carboxylic acid groups (broad SMARTS) is 1. The van der Waals surface area contributed by atoms with Crippen LogP contribution in [-0.4, -0.2) is 100 Å². The van der Waals surface area contributed by atoms with Crippen LogP contribution in [0.3, 0.4) is 0 Å². The highest BCUT2D eigenvalue weighted by atomic mass is 32.2. The molecule has 3 heterocycles. The summed E-state index contributed by atoms with van der Waals surface area (Å²) in [6.07, 6.45) is 8.30. The fraction of sp³-hybridized carbons (Fsp3) is 0.607. The molecule has 0 bridgehead atoms. The van der Waals surface area contributed by atoms with Crippen LogP contribution in [0.1, 0.15) is 251 Å². The number of benzene rings is 3. The van der Waals surface area contributed by atoms with Crippen molar-refractivity contribution in [2.45, 2.75) is 203 Å². The number of piperidine rings is 3. The Bertz CT molecular complexity index is 2930. The third-order valence-electron chi connectivity index (χ3n) is 14.5. The van der Waals surface area contributed by atoms with Crippen LogP contribution in [0, 0.1) is 34.0 Å². The maximum atomic E-state index is 12.6. The van der Waals surface area contributed by atoms with E-state index in [1.807, 2.05) is 95.2 Å². The largest absolute Gasteiger partial charge is 0.481 e. The Labute approximate surface area is 497 Å². The number of hydrogen-bond acceptors (Lipinski definition) is 12. The monoisotopic (exact) mass is 1210 g/mol. The van der Waals surface area contributed by atoms with Crippen molar-refractivity contribution < 1.29 is 44.7 Å². The van der Waals surface area contributed by atoms with Crippen LogP contribution in [0.15, 0.2) is 36.4 Å². The lowest BCUT2D eigenvalue weighted by Crippen LogP contribution is -2.46. The maximum absolute atomic E-state index is 12.6. The van der Waals surface area contributed by atoms with Crippen molar-refractivity contribution in [1.82, 2.24) is 22.4 Å². The van der Waals surface area contributed by atoms with E-state index in [1.54, 1.807) is 24.3 Å². The number of carbonyl (C=O) groups excluding carboxylic acids is 2. The third kappa shape index (κ3) is 22.6. The van der Waals surface area contributed by atoms with Gasteiger partial charge in [-0.25, -0.2) is 14.6 Å². The van der Waals surface area contributed by atoms with Gasteiger partial charge in [-0.05, 0) is 161 Å². The second-order valence-corrected chi connectivity index (χ2v) is 28.0. The van der Waals surface area contributed by atoms with Crippen molar-refractivity contribution in [3.63, 3.8) is 0 Å². The van der Waals surface area contributed by atoms with Gasteiger partial charge in [0.1, 0.15) is 0 Å². The summed E-state index contributed by atoms with van der Waals surface area (Å²) in [5, 5.41) is 41.6. The molecule has 0 atom stereocenters. The Morgan fingerprint density at radius 3 is 0.843 bits per heavy atom. The van der Waals surface area contributed by atoms with Gasteiger partial charge in [-0.3, -0.25) is 14.4 Å². The van der Waals surface area contributed by atoms with Gasteiger partial charge in [0, 0.05) is 39.3 Å². The molecule has 3 aliphatic rings. The van der Waals surface area contributed by atoms with Crippen molar-refractivity contribution in [2.75, 3.05) is 39.3 Å². The summed E-state index contributed by atoms with van der Waals surface area (Å²) in [5.74, 6) is -0.980. The van der Waals surface area contributed by atoms with Crippen molar-refractivity contribution >= 4 is 48.4 Å². The smallest absolute Gasteiger partial charge is 0.307 e. The summed E-state index contributed by atoms with van der Waals surface area (Å²) in [5.41, 5.74) is 9.87. The number of hydrogen-bond donors (Lipinski definition) is 4. The van der Waals surface area contributed by atoms with E-state index < -0.39 is 48.4 Å². The molecule has 0 aromatic heterocycles. The Morgan fingerprint density at radius 1 is 0.446 bits per heavy atom. The number of nitriles is 3. The molecule has 0 unspecified atom stereocenters. The van der Waals surface area contributed by atoms with E-state index in [9.17, 15) is 50.2 Å². The van der Waals surface area contributed by atoms with Crippen molar-refractivity contribution in [3.8, 4) is 18.2 Å². The standard InChI is InChI=1S/2C20H29N3O3S.C15H19NO2.C5H12N2O2S.CH4/c2*1-14(2)17-10-16(13-21)11-18(15(3)4)19(17)12-20(24)22-27(25,26)23-8-6-5-7-9-23;1-9(2)12-5-11(8-16)6-13(10(3)4)14(12)7-15(17)18;6-10(8,9)7-4-2-1-3-5-7;/h2*10-11,14-15H,5-9,12H2,1-4H3,(H,22,24);5-6,9-10H,7H2,1-4H3,(H,17,18);1-5H2,(H2,6,8,9);1H4. The van der Waals surface area contributed by atoms with Gasteiger partial charge in [0.2, 0.25) is 11.8 Å². The zero-order valence-corrected chi connectivity index (χ0v) is 52.7. The molecule has 3 saturated heterocycles. The highest BCUT2D eigenvalue weighted by Gasteiger charge is 2.29. The summed E-state index contributed by atoms with van der Waals surface area (Å²) in [6, 6.07) is 17.3. The lowest BCUT2D eigenvalue weighted by Gasteiger charge is -2.26. The molecule has 0 aliphatic carbocycles. The SMILES string of the molecule is C.CC(C)c1cc(C#N)cc(C(C)C)c1CC(=O)NS(=O)(=O)N1CCCCC1.CC(C)c1cc(C#N)cc(C(C)C)c1CC(=O)NS(=O)(=O)N1CCCCC1.CC(C)c1cc(C#N)cc(C(C)C)c1CC(=O)O.NS(=O)(=O)N1CCCCC1. The minimum absolute atomic E-state index is 0. The lowest BCUT2D eigenvalue weighted by molar-refractivity contribution is -0.136. The Morgan fingerprint density at radius 2 is 0.663 bits per heavy atom. The van der Waals surface area contributed by atoms with Crippen LogP contribution in [-0.2, 0) is 64.3 Å². The van der Waals surface area contributed by atoms with Crippen LogP contribution >= 0.6 is 0 Å². The Balaban J connectivity index is 0.000000396. The summed E-state index contributed by atoms with van der Waals surface area (Å²) in [4.78, 5) is 36.2. The van der Waals surface area contributed by atoms with Gasteiger partial charge in [0.15, 0.2) is 0 Å². The third-order valence-corrected chi connectivity index (χ3v) is 18.7. The zero-order chi connectivity index (χ0) is 61.9. The minimum atomic E-state index is -3.80. The summed E-state index contributed by atoms with van der Waals surface area (Å²) >= 11 is 0. The molecule has 0 spiro atoms. The fourth-order valence-electron chi connectivity index (χ4n) is 10.3. The van der Waals surface area contributed by atoms with Crippen LogP contribution in [0.25, 0.3) is 0 Å². The first-order valence-electron chi connectivity index (χ1n) is 28.6. The van der Waals surface area contributed by atoms with Crippen molar-refractivity contribution in [2.24, 2.45) is 5.14 Å². The highest BCUT2D eigenvalue weighted by Crippen LogP contribution is 2.33. The molecular weight excluding hydrogens is 1110 g/mol. The number of rotatable bonds is 17. The highest BCUT2D eigenvalue weighted by molar-refractivity contribution is 7.88. The molecule has 3 fully saturated rings. The predicted molar refractivity (Wildman–Crippen MR) is 327 cm³/mol. The summed E-state index contributed by atoms with van der Waals surface area (Å²) < 4.78 is 79.8. The van der Waals surface area contributed by atoms with Gasteiger partial charge < -0.3 is 5.11 Å². The Hall–Kier alpha value is -5.77. The number of nitrogens with one attached hydrogen (secondary N) is 2. The van der Waals surface area contributed by atoms with Gasteiger partial charge in [0.25, 0.3) is 10.2 Å². The molecule has 0 radical (unpaired) electrons. The van der Waals surface area contributed by atoms with Gasteiger partial charge in [-0.2, -0.15) is 54.0 Å². The zero-order valence-electron chi connectivity index (χ0n) is 50.3. The topological polar surface area (TPSA) is 305 Å². The number of aliphatic carboxylic acids is 1. The van der Waals surface area contributed by atoms with E-state index >= 15 is 0 Å². The number of nitrogens with zero attached hydrogens (tertiary/aromatic N) is 6. The van der Waals surface area contributed by atoms with E-state index in [-0.39, 0.29) is 62.2 Å². The molecule has 19 nitrogen and oxygen atoms in total. The van der Waals surface area contributed by atoms with Gasteiger partial charge in [-0.15, -0.1) is 0 Å². The molecule has 460 valence electrons. The quantitative estimate of drug-likeness (QED) is 0.0979. The van der Waals surface area contributed by atoms with Gasteiger partial charge >= 0.3 is 26.4 Å². The molecule has 3 aromatic carbocycles. The molecule has 3 aliphatic heterocycles. The van der Waals surface area contributed by atoms with Crippen molar-refractivity contribution in [1.29, 1.82) is 15.8 Å². The second-order valence-electron chi connectivity index (χ2n) is 23.1. The minimum Gasteiger partial charge on any atom is -0.481 e. The molecule has 5 N–H and O–H groups in total. The number of carboxylic acids is 1. The Kier molecular flexibility index (Phi) is 29.7. The second kappa shape index (κ2) is 33.6. The average molecular weight is 1210 g/mol. The van der Waals surface area contributed by atoms with Crippen LogP contribution in [0.5, 0.6) is 0 Å². The number of carbonyl (C=O) groups is 3. The van der Waals surface area contributed by atoms with E-state index in [1.165, 1.54) is 12.9 Å². The van der Waals surface area contributed by atoms with Crippen LogP contribution < -0.4 is 14.6 Å². The normalized spacial score (nSPS) is 15.3. The van der Waals surface area contributed by atoms with E-state index in [4.69, 9.17) is 15.5 Å². The average Bonchev–Trinajstić information content (AvgIpc) is 3.44. The van der Waals surface area contributed by atoms with Gasteiger partial charge in [0.05, 0.1) is 54.2 Å². The molecule has 2 amide bonds. The molecule has 83 heavy (non-hydrogen) atoms. The molecule has 6 rings (SSSR count). The first-order valence-corrected chi connectivity index (χ1v) is 33.0. The fourth-order valence-corrected chi connectivity index (χ4v) is 13.6. The maximum Gasteiger partial charge on any atom is 0.307 e. The van der Waals surface area contributed by atoms with Crippen molar-refractivity contribution in [3.05, 3.63) is 103 Å². The lowest BCUT2D eigenvalue weighted by atomic mass is 9.85. The first kappa shape index (κ1) is 73.3. The van der Waals surface area contributed by atoms with Gasteiger partial charge in [-0.1, -0.05) is 110 Å². The molecular formula is C61H93N9O10S3. The first-order chi connectivity index (χ1) is 38.3. The van der Waals surface area contributed by atoms with E-state index in [2.05, 4.69) is 27.7 Å².